The molecular weight excluding hydrogens is 298 g/mol. The highest BCUT2D eigenvalue weighted by Crippen LogP contribution is 2.17. The molecule has 0 bridgehead atoms. The summed E-state index contributed by atoms with van der Waals surface area (Å²) in [6.45, 7) is 1.55. The van der Waals surface area contributed by atoms with Crippen LogP contribution in [0.5, 0.6) is 5.75 Å². The molecule has 1 aromatic carbocycles. The number of nitro groups is 1. The molecule has 0 N–H and O–H groups in total. The van der Waals surface area contributed by atoms with Gasteiger partial charge < -0.3 is 9.47 Å². The highest BCUT2D eigenvalue weighted by molar-refractivity contribution is 6.42. The van der Waals surface area contributed by atoms with Crippen LogP contribution in [0.1, 0.15) is 6.92 Å². The first-order chi connectivity index (χ1) is 10.5. The Morgan fingerprint density at radius 1 is 1.36 bits per heavy atom. The van der Waals surface area contributed by atoms with E-state index < -0.39 is 22.8 Å². The van der Waals surface area contributed by atoms with E-state index in [0.717, 1.165) is 12.1 Å². The van der Waals surface area contributed by atoms with E-state index in [9.17, 15) is 19.7 Å². The van der Waals surface area contributed by atoms with Gasteiger partial charge in [-0.3, -0.25) is 15.0 Å². The first-order valence-corrected chi connectivity index (χ1v) is 5.76. The molecule has 0 radical (unpaired) electrons. The molecule has 0 aliphatic rings. The van der Waals surface area contributed by atoms with Crippen molar-refractivity contribution in [2.45, 2.75) is 6.92 Å². The molecule has 0 heterocycles. The average Bonchev–Trinajstić information content (AvgIpc) is 2.48. The topological polar surface area (TPSA) is 141 Å². The van der Waals surface area contributed by atoms with Crippen molar-refractivity contribution in [3.8, 4) is 11.8 Å². The number of ether oxygens (including phenoxy) is 2. The van der Waals surface area contributed by atoms with Crippen molar-refractivity contribution in [1.29, 1.82) is 5.26 Å². The normalized spacial score (nSPS) is 10.3. The van der Waals surface area contributed by atoms with E-state index in [-0.39, 0.29) is 18.0 Å². The summed E-state index contributed by atoms with van der Waals surface area (Å²) in [7, 11) is 0. The lowest BCUT2D eigenvalue weighted by Gasteiger charge is -2.01. The first kappa shape index (κ1) is 16.6. The summed E-state index contributed by atoms with van der Waals surface area (Å²) in [6.07, 6.45) is -1.33. The van der Waals surface area contributed by atoms with Crippen LogP contribution in [0.3, 0.4) is 0 Å². The molecule has 0 amide bonds. The molecule has 1 rings (SSSR count). The maximum Gasteiger partial charge on any atom is 0.540 e. The molecule has 0 aromatic heterocycles. The van der Waals surface area contributed by atoms with Crippen molar-refractivity contribution < 1.29 is 28.8 Å². The minimum atomic E-state index is -1.33. The second-order valence-corrected chi connectivity index (χ2v) is 3.47. The third-order valence-corrected chi connectivity index (χ3v) is 2.03. The number of carbonyl (C=O) groups is 2. The Labute approximate surface area is 123 Å². The van der Waals surface area contributed by atoms with Gasteiger partial charge in [0.25, 0.3) is 11.4 Å². The van der Waals surface area contributed by atoms with Gasteiger partial charge in [-0.2, -0.15) is 5.26 Å². The van der Waals surface area contributed by atoms with E-state index in [1.807, 2.05) is 0 Å². The van der Waals surface area contributed by atoms with Gasteiger partial charge in [-0.15, -0.1) is 0 Å². The SMILES string of the molecule is CCOC(=O)C(C#N)=NOC(=O)Oc1ccc([N+](=O)[O-])cc1. The molecule has 10 heteroatoms. The Bertz CT molecular complexity index is 646. The van der Waals surface area contributed by atoms with Crippen molar-refractivity contribution in [2.24, 2.45) is 5.16 Å². The minimum Gasteiger partial charge on any atom is -0.461 e. The lowest BCUT2D eigenvalue weighted by molar-refractivity contribution is -0.384. The number of nitro benzene ring substituents is 1. The molecule has 0 saturated heterocycles. The second-order valence-electron chi connectivity index (χ2n) is 3.47. The summed E-state index contributed by atoms with van der Waals surface area (Å²) in [5.74, 6) is -1.09. The second kappa shape index (κ2) is 7.95. The molecule has 0 spiro atoms. The first-order valence-electron chi connectivity index (χ1n) is 5.76. The van der Waals surface area contributed by atoms with Crippen LogP contribution in [-0.2, 0) is 14.4 Å². The van der Waals surface area contributed by atoms with Crippen LogP contribution in [0.2, 0.25) is 0 Å². The molecule has 0 fully saturated rings. The monoisotopic (exact) mass is 307 g/mol. The molecule has 1 aromatic rings. The van der Waals surface area contributed by atoms with Gasteiger partial charge in [0.2, 0.25) is 0 Å². The van der Waals surface area contributed by atoms with E-state index in [0.29, 0.717) is 0 Å². The van der Waals surface area contributed by atoms with Crippen LogP contribution >= 0.6 is 0 Å². The van der Waals surface area contributed by atoms with Crippen LogP contribution in [0, 0.1) is 21.4 Å². The number of benzene rings is 1. The molecule has 0 saturated carbocycles. The van der Waals surface area contributed by atoms with E-state index in [1.54, 1.807) is 0 Å². The standard InChI is InChI=1S/C12H9N3O7/c1-2-20-11(16)10(7-13)14-22-12(17)21-9-5-3-8(4-6-9)15(18)19/h3-6H,2H2,1H3. The number of esters is 1. The van der Waals surface area contributed by atoms with Gasteiger partial charge in [0.05, 0.1) is 11.5 Å². The number of non-ortho nitro benzene ring substituents is 1. The summed E-state index contributed by atoms with van der Waals surface area (Å²) in [4.78, 5) is 36.5. The Hall–Kier alpha value is -3.48. The number of nitriles is 1. The highest BCUT2D eigenvalue weighted by atomic mass is 16.8. The lowest BCUT2D eigenvalue weighted by atomic mass is 10.3. The van der Waals surface area contributed by atoms with Crippen molar-refractivity contribution in [2.75, 3.05) is 6.61 Å². The summed E-state index contributed by atoms with van der Waals surface area (Å²) >= 11 is 0. The fourth-order valence-corrected chi connectivity index (χ4v) is 1.14. The quantitative estimate of drug-likeness (QED) is 0.199. The number of hydrogen-bond acceptors (Lipinski definition) is 9. The van der Waals surface area contributed by atoms with Crippen molar-refractivity contribution >= 4 is 23.5 Å². The van der Waals surface area contributed by atoms with Crippen LogP contribution in [0.25, 0.3) is 0 Å². The van der Waals surface area contributed by atoms with Crippen LogP contribution in [-0.4, -0.2) is 29.4 Å². The fraction of sp³-hybridized carbons (Fsp3) is 0.167. The number of hydrogen-bond donors (Lipinski definition) is 0. The Morgan fingerprint density at radius 3 is 2.50 bits per heavy atom. The van der Waals surface area contributed by atoms with E-state index >= 15 is 0 Å². The van der Waals surface area contributed by atoms with Gasteiger partial charge in [-0.25, -0.2) is 9.59 Å². The van der Waals surface area contributed by atoms with Crippen LogP contribution in [0.15, 0.2) is 29.4 Å². The third-order valence-electron chi connectivity index (χ3n) is 2.03. The average molecular weight is 307 g/mol. The van der Waals surface area contributed by atoms with Crippen molar-refractivity contribution in [3.05, 3.63) is 34.4 Å². The number of nitrogens with zero attached hydrogens (tertiary/aromatic N) is 3. The van der Waals surface area contributed by atoms with Gasteiger partial charge in [0.15, 0.2) is 0 Å². The lowest BCUT2D eigenvalue weighted by Crippen LogP contribution is -2.17. The van der Waals surface area contributed by atoms with E-state index in [2.05, 4.69) is 19.5 Å². The van der Waals surface area contributed by atoms with Crippen LogP contribution < -0.4 is 4.74 Å². The Morgan fingerprint density at radius 2 is 2.00 bits per heavy atom. The van der Waals surface area contributed by atoms with Gasteiger partial charge in [0, 0.05) is 12.1 Å². The van der Waals surface area contributed by atoms with E-state index in [4.69, 9.17) is 5.26 Å². The number of rotatable bonds is 5. The largest absolute Gasteiger partial charge is 0.540 e. The van der Waals surface area contributed by atoms with Crippen LogP contribution in [0.4, 0.5) is 10.5 Å². The fourth-order valence-electron chi connectivity index (χ4n) is 1.14. The predicted molar refractivity (Wildman–Crippen MR) is 69.9 cm³/mol. The number of oxime groups is 1. The van der Waals surface area contributed by atoms with Crippen molar-refractivity contribution in [1.82, 2.24) is 0 Å². The molecule has 0 aliphatic carbocycles. The molecule has 0 aliphatic heterocycles. The summed E-state index contributed by atoms with van der Waals surface area (Å²) in [6, 6.07) is 5.96. The Balaban J connectivity index is 2.64. The van der Waals surface area contributed by atoms with Gasteiger partial charge in [-0.1, -0.05) is 5.16 Å². The zero-order chi connectivity index (χ0) is 16.5. The maximum atomic E-state index is 11.3. The van der Waals surface area contributed by atoms with Gasteiger partial charge >= 0.3 is 12.1 Å². The molecule has 0 atom stereocenters. The molecule has 10 nitrogen and oxygen atoms in total. The summed E-state index contributed by atoms with van der Waals surface area (Å²) in [5.41, 5.74) is -0.949. The molecular formula is C12H9N3O7. The summed E-state index contributed by atoms with van der Waals surface area (Å²) < 4.78 is 9.12. The van der Waals surface area contributed by atoms with Crippen molar-refractivity contribution in [3.63, 3.8) is 0 Å². The van der Waals surface area contributed by atoms with E-state index in [1.165, 1.54) is 25.1 Å². The van der Waals surface area contributed by atoms with Gasteiger partial charge in [0.1, 0.15) is 11.8 Å². The third kappa shape index (κ3) is 4.89. The smallest absolute Gasteiger partial charge is 0.461 e. The maximum absolute atomic E-state index is 11.3. The van der Waals surface area contributed by atoms with Gasteiger partial charge in [-0.05, 0) is 19.1 Å². The zero-order valence-electron chi connectivity index (χ0n) is 11.2. The Kier molecular flexibility index (Phi) is 5.99. The summed E-state index contributed by atoms with van der Waals surface area (Å²) in [5, 5.41) is 22.1. The predicted octanol–water partition coefficient (Wildman–Crippen LogP) is 1.55. The highest BCUT2D eigenvalue weighted by Gasteiger charge is 2.15. The molecule has 22 heavy (non-hydrogen) atoms. The number of carbonyl (C=O) groups excluding carboxylic acids is 2. The molecule has 0 unspecified atom stereocenters. The minimum absolute atomic E-state index is 0.0206. The molecule has 114 valence electrons. The zero-order valence-corrected chi connectivity index (χ0v) is 11.2.